The second-order valence-corrected chi connectivity index (χ2v) is 5.97. The molecule has 1 aliphatic rings. The van der Waals surface area contributed by atoms with Crippen molar-refractivity contribution in [3.63, 3.8) is 0 Å². The van der Waals surface area contributed by atoms with Gasteiger partial charge < -0.3 is 4.98 Å². The van der Waals surface area contributed by atoms with Crippen LogP contribution in [0.5, 0.6) is 0 Å². The number of allylic oxidation sites excluding steroid dienone is 2. The van der Waals surface area contributed by atoms with Gasteiger partial charge in [-0.1, -0.05) is 76.7 Å². The van der Waals surface area contributed by atoms with Crippen LogP contribution >= 0.6 is 46.4 Å². The van der Waals surface area contributed by atoms with Crippen molar-refractivity contribution in [2.24, 2.45) is 4.99 Å². The third-order valence-corrected chi connectivity index (χ3v) is 3.96. The standard InChI is InChI=1S/C15H8Cl4N2/c16-9-6-11(18)20-14(9)13(8-4-2-1-3-5-8)15-10(17)7-12(19)21-15/h1-7,20H/b15-13-. The second-order valence-electron chi connectivity index (χ2n) is 4.36. The number of aromatic nitrogens is 1. The van der Waals surface area contributed by atoms with Crippen molar-refractivity contribution in [2.75, 3.05) is 0 Å². The molecule has 0 aliphatic carbocycles. The Bertz CT molecular complexity index is 785. The van der Waals surface area contributed by atoms with Crippen LogP contribution < -0.4 is 0 Å². The topological polar surface area (TPSA) is 28.1 Å². The van der Waals surface area contributed by atoms with Crippen LogP contribution in [0.3, 0.4) is 0 Å². The molecule has 106 valence electrons. The van der Waals surface area contributed by atoms with Gasteiger partial charge >= 0.3 is 0 Å². The van der Waals surface area contributed by atoms with Gasteiger partial charge in [-0.15, -0.1) is 0 Å². The Morgan fingerprint density at radius 2 is 1.71 bits per heavy atom. The van der Waals surface area contributed by atoms with Crippen LogP contribution in [0.25, 0.3) is 5.57 Å². The van der Waals surface area contributed by atoms with Crippen molar-refractivity contribution in [2.45, 2.75) is 0 Å². The molecule has 0 fully saturated rings. The number of rotatable bonds is 2. The van der Waals surface area contributed by atoms with E-state index in [9.17, 15) is 0 Å². The molecule has 1 N–H and O–H groups in total. The van der Waals surface area contributed by atoms with Crippen molar-refractivity contribution < 1.29 is 0 Å². The van der Waals surface area contributed by atoms with E-state index in [0.717, 1.165) is 11.1 Å². The molecule has 0 spiro atoms. The molecular weight excluding hydrogens is 350 g/mol. The molecule has 1 aromatic heterocycles. The predicted octanol–water partition coefficient (Wildman–Crippen LogP) is 5.85. The third-order valence-electron chi connectivity index (χ3n) is 2.98. The number of nitrogens with zero attached hydrogens (tertiary/aromatic N) is 1. The number of aromatic amines is 1. The van der Waals surface area contributed by atoms with Gasteiger partial charge in [0.25, 0.3) is 0 Å². The maximum absolute atomic E-state index is 6.26. The van der Waals surface area contributed by atoms with Gasteiger partial charge in [0.15, 0.2) is 0 Å². The van der Waals surface area contributed by atoms with E-state index < -0.39 is 0 Å². The molecule has 21 heavy (non-hydrogen) atoms. The molecule has 6 heteroatoms. The first-order valence-electron chi connectivity index (χ1n) is 6.02. The summed E-state index contributed by atoms with van der Waals surface area (Å²) in [5, 5.41) is 1.73. The van der Waals surface area contributed by atoms with Crippen LogP contribution in [-0.4, -0.2) is 10.2 Å². The van der Waals surface area contributed by atoms with Gasteiger partial charge in [0.2, 0.25) is 0 Å². The monoisotopic (exact) mass is 356 g/mol. The molecule has 0 radical (unpaired) electrons. The van der Waals surface area contributed by atoms with Crippen LogP contribution in [0.1, 0.15) is 11.3 Å². The van der Waals surface area contributed by atoms with Crippen LogP contribution in [0.2, 0.25) is 10.2 Å². The molecule has 1 aromatic carbocycles. The Hall–Kier alpha value is -1.19. The van der Waals surface area contributed by atoms with Crippen molar-refractivity contribution >= 4 is 57.1 Å². The summed E-state index contributed by atoms with van der Waals surface area (Å²) in [6, 6.07) is 11.3. The molecular formula is C15H8Cl4N2. The summed E-state index contributed by atoms with van der Waals surface area (Å²) in [6.07, 6.45) is 1.60. The molecule has 0 amide bonds. The van der Waals surface area contributed by atoms with Crippen molar-refractivity contribution in [1.82, 2.24) is 4.98 Å². The molecule has 0 atom stereocenters. The SMILES string of the molecule is ClC1=CC(Cl)=N/C1=C(/c1ccccc1)c1[nH]c(Cl)cc1Cl. The van der Waals surface area contributed by atoms with Gasteiger partial charge in [-0.3, -0.25) is 0 Å². The van der Waals surface area contributed by atoms with Gasteiger partial charge in [-0.25, -0.2) is 4.99 Å². The van der Waals surface area contributed by atoms with Gasteiger partial charge in [0.1, 0.15) is 10.3 Å². The number of H-pyrrole nitrogens is 1. The molecule has 1 aliphatic heterocycles. The Labute approximate surface area is 141 Å². The average Bonchev–Trinajstić information content (AvgIpc) is 2.94. The molecule has 3 rings (SSSR count). The average molecular weight is 358 g/mol. The third kappa shape index (κ3) is 2.90. The number of hydrogen-bond acceptors (Lipinski definition) is 1. The summed E-state index contributed by atoms with van der Waals surface area (Å²) < 4.78 is 0. The van der Waals surface area contributed by atoms with Crippen LogP contribution in [0.15, 0.2) is 58.2 Å². The zero-order valence-electron chi connectivity index (χ0n) is 10.5. The van der Waals surface area contributed by atoms with E-state index in [2.05, 4.69) is 9.98 Å². The number of aliphatic imine (C=N–C) groups is 1. The van der Waals surface area contributed by atoms with E-state index in [1.807, 2.05) is 30.3 Å². The van der Waals surface area contributed by atoms with E-state index in [0.29, 0.717) is 31.8 Å². The van der Waals surface area contributed by atoms with Crippen molar-refractivity contribution in [3.05, 3.63) is 74.6 Å². The zero-order chi connectivity index (χ0) is 15.0. The number of halogens is 4. The minimum atomic E-state index is 0.331. The first-order valence-corrected chi connectivity index (χ1v) is 7.53. The van der Waals surface area contributed by atoms with Gasteiger partial charge in [0.05, 0.1) is 21.4 Å². The number of benzene rings is 1. The molecule has 0 saturated heterocycles. The lowest BCUT2D eigenvalue weighted by atomic mass is 10.0. The quantitative estimate of drug-likeness (QED) is 0.697. The van der Waals surface area contributed by atoms with E-state index >= 15 is 0 Å². The predicted molar refractivity (Wildman–Crippen MR) is 90.5 cm³/mol. The summed E-state index contributed by atoms with van der Waals surface area (Å²) in [5.41, 5.74) is 2.89. The van der Waals surface area contributed by atoms with E-state index in [1.165, 1.54) is 0 Å². The molecule has 2 aromatic rings. The summed E-state index contributed by atoms with van der Waals surface area (Å²) in [5.74, 6) is 0. The highest BCUT2D eigenvalue weighted by molar-refractivity contribution is 6.70. The number of hydrogen-bond donors (Lipinski definition) is 1. The molecule has 0 unspecified atom stereocenters. The summed E-state index contributed by atoms with van der Waals surface area (Å²) in [6.45, 7) is 0. The summed E-state index contributed by atoms with van der Waals surface area (Å²) in [7, 11) is 0. The zero-order valence-corrected chi connectivity index (χ0v) is 13.5. The van der Waals surface area contributed by atoms with E-state index in [4.69, 9.17) is 46.4 Å². The number of nitrogens with one attached hydrogen (secondary N) is 1. The van der Waals surface area contributed by atoms with Gasteiger partial charge in [0, 0.05) is 5.57 Å². The maximum Gasteiger partial charge on any atom is 0.131 e. The fraction of sp³-hybridized carbons (Fsp3) is 0. The van der Waals surface area contributed by atoms with E-state index in [1.54, 1.807) is 12.1 Å². The maximum atomic E-state index is 6.26. The largest absolute Gasteiger partial charge is 0.344 e. The van der Waals surface area contributed by atoms with Crippen LogP contribution in [-0.2, 0) is 0 Å². The molecule has 0 bridgehead atoms. The first-order chi connectivity index (χ1) is 10.1. The first kappa shape index (κ1) is 14.7. The molecule has 2 nitrogen and oxygen atoms in total. The Morgan fingerprint density at radius 3 is 2.24 bits per heavy atom. The lowest BCUT2D eigenvalue weighted by molar-refractivity contribution is 1.31. The van der Waals surface area contributed by atoms with Gasteiger partial charge in [-0.05, 0) is 17.7 Å². The summed E-state index contributed by atoms with van der Waals surface area (Å²) >= 11 is 24.4. The van der Waals surface area contributed by atoms with Crippen molar-refractivity contribution in [1.29, 1.82) is 0 Å². The second kappa shape index (κ2) is 5.90. The highest BCUT2D eigenvalue weighted by Crippen LogP contribution is 2.38. The Balaban J connectivity index is 2.30. The molecule has 2 heterocycles. The normalized spacial score (nSPS) is 16.8. The lowest BCUT2D eigenvalue weighted by Crippen LogP contribution is -1.94. The Morgan fingerprint density at radius 1 is 1.00 bits per heavy atom. The fourth-order valence-electron chi connectivity index (χ4n) is 2.13. The smallest absolute Gasteiger partial charge is 0.131 e. The van der Waals surface area contributed by atoms with Crippen LogP contribution in [0.4, 0.5) is 0 Å². The minimum Gasteiger partial charge on any atom is -0.344 e. The van der Waals surface area contributed by atoms with Crippen molar-refractivity contribution in [3.8, 4) is 0 Å². The van der Waals surface area contributed by atoms with Crippen LogP contribution in [0, 0.1) is 0 Å². The lowest BCUT2D eigenvalue weighted by Gasteiger charge is -2.10. The minimum absolute atomic E-state index is 0.331. The fourth-order valence-corrected chi connectivity index (χ4v) is 3.13. The van der Waals surface area contributed by atoms with Gasteiger partial charge in [-0.2, -0.15) is 0 Å². The van der Waals surface area contributed by atoms with E-state index in [-0.39, 0.29) is 0 Å². The highest BCUT2D eigenvalue weighted by atomic mass is 35.5. The highest BCUT2D eigenvalue weighted by Gasteiger charge is 2.22. The Kier molecular flexibility index (Phi) is 4.14. The summed E-state index contributed by atoms with van der Waals surface area (Å²) in [4.78, 5) is 7.32. The molecule has 0 saturated carbocycles.